The van der Waals surface area contributed by atoms with Crippen LogP contribution in [-0.2, 0) is 0 Å². The van der Waals surface area contributed by atoms with Crippen molar-refractivity contribution < 1.29 is 18.0 Å². The van der Waals surface area contributed by atoms with Crippen molar-refractivity contribution in [1.82, 2.24) is 25.0 Å². The predicted molar refractivity (Wildman–Crippen MR) is 127 cm³/mol. The third-order valence-electron chi connectivity index (χ3n) is 6.39. The van der Waals surface area contributed by atoms with Crippen molar-refractivity contribution in [2.75, 3.05) is 43.4 Å². The number of nitrogens with zero attached hydrogens (tertiary/aromatic N) is 5. The fourth-order valence-corrected chi connectivity index (χ4v) is 4.28. The van der Waals surface area contributed by atoms with Crippen LogP contribution in [-0.4, -0.2) is 58.2 Å². The van der Waals surface area contributed by atoms with Crippen LogP contribution in [0, 0.1) is 18.6 Å². The predicted octanol–water partition coefficient (Wildman–Crippen LogP) is 4.70. The Bertz CT molecular complexity index is 1390. The summed E-state index contributed by atoms with van der Waals surface area (Å²) in [4.78, 5) is 16.1. The maximum absolute atomic E-state index is 15.2. The summed E-state index contributed by atoms with van der Waals surface area (Å²) in [7, 11) is 2.06. The second-order valence-electron chi connectivity index (χ2n) is 9.22. The normalized spacial score (nSPS) is 16.7. The number of aromatic amines is 1. The summed E-state index contributed by atoms with van der Waals surface area (Å²) in [5.74, 6) is -0.358. The molecule has 1 aliphatic carbocycles. The summed E-state index contributed by atoms with van der Waals surface area (Å²) < 4.78 is 41.0. The lowest BCUT2D eigenvalue weighted by molar-refractivity contribution is 0.311. The monoisotopic (exact) mass is 481 g/mol. The highest BCUT2D eigenvalue weighted by molar-refractivity contribution is 5.83. The van der Waals surface area contributed by atoms with E-state index in [0.717, 1.165) is 44.7 Å². The van der Waals surface area contributed by atoms with E-state index in [1.165, 1.54) is 6.07 Å². The van der Waals surface area contributed by atoms with Gasteiger partial charge >= 0.3 is 6.01 Å². The van der Waals surface area contributed by atoms with E-state index in [0.29, 0.717) is 34.6 Å². The van der Waals surface area contributed by atoms with Gasteiger partial charge in [-0.2, -0.15) is 9.97 Å². The lowest BCUT2D eigenvalue weighted by Gasteiger charge is -2.33. The number of fused-ring (bicyclic) bond motifs is 1. The van der Waals surface area contributed by atoms with Crippen molar-refractivity contribution in [3.63, 3.8) is 0 Å². The van der Waals surface area contributed by atoms with E-state index in [9.17, 15) is 4.39 Å². The second kappa shape index (κ2) is 8.49. The van der Waals surface area contributed by atoms with Crippen LogP contribution in [0.5, 0.6) is 11.8 Å². The molecule has 35 heavy (non-hydrogen) atoms. The highest BCUT2D eigenvalue weighted by atomic mass is 19.1. The molecule has 0 spiro atoms. The molecule has 4 aromatic rings. The van der Waals surface area contributed by atoms with Gasteiger partial charge in [-0.15, -0.1) is 0 Å². The average molecular weight is 482 g/mol. The van der Waals surface area contributed by atoms with Gasteiger partial charge in [0.25, 0.3) is 0 Å². The second-order valence-corrected chi connectivity index (χ2v) is 9.22. The molecule has 0 radical (unpaired) electrons. The average Bonchev–Trinajstić information content (AvgIpc) is 3.47. The number of benzene rings is 1. The topological polar surface area (TPSA) is 95.3 Å². The largest absolute Gasteiger partial charge is 0.418 e. The molecule has 1 aromatic carbocycles. The van der Waals surface area contributed by atoms with Crippen LogP contribution >= 0.6 is 0 Å². The van der Waals surface area contributed by atoms with Crippen molar-refractivity contribution in [2.24, 2.45) is 0 Å². The molecule has 1 aliphatic heterocycles. The van der Waals surface area contributed by atoms with Gasteiger partial charge in [-0.05, 0) is 32.9 Å². The van der Waals surface area contributed by atoms with E-state index in [-0.39, 0.29) is 11.4 Å². The molecule has 3 aromatic heterocycles. The van der Waals surface area contributed by atoms with Crippen LogP contribution in [0.4, 0.5) is 26.3 Å². The molecule has 1 saturated carbocycles. The third-order valence-corrected chi connectivity index (χ3v) is 6.39. The molecule has 2 fully saturated rings. The molecular formula is C24H25F2N7O2. The zero-order valence-electron chi connectivity index (χ0n) is 19.4. The number of anilines is 3. The number of ether oxygens (including phenoxy) is 1. The number of piperazine rings is 1. The van der Waals surface area contributed by atoms with Crippen LogP contribution < -0.4 is 15.0 Å². The number of aromatic nitrogens is 4. The lowest BCUT2D eigenvalue weighted by atomic mass is 10.2. The first-order chi connectivity index (χ1) is 16.9. The van der Waals surface area contributed by atoms with Crippen LogP contribution in [0.1, 0.15) is 30.1 Å². The number of aryl methyl sites for hydroxylation is 1. The number of hydrogen-bond donors (Lipinski definition) is 2. The van der Waals surface area contributed by atoms with Gasteiger partial charge in [-0.3, -0.25) is 0 Å². The molecule has 2 aliphatic rings. The van der Waals surface area contributed by atoms with Crippen LogP contribution in [0.15, 0.2) is 28.8 Å². The number of hydrogen-bond acceptors (Lipinski definition) is 8. The Morgan fingerprint density at radius 1 is 1.09 bits per heavy atom. The molecule has 6 rings (SSSR count). The van der Waals surface area contributed by atoms with Gasteiger partial charge in [0.2, 0.25) is 11.6 Å². The molecule has 182 valence electrons. The molecule has 0 amide bonds. The molecule has 0 atom stereocenters. The Morgan fingerprint density at radius 2 is 1.89 bits per heavy atom. The Kier molecular flexibility index (Phi) is 5.28. The number of rotatable bonds is 6. The van der Waals surface area contributed by atoms with E-state index < -0.39 is 17.4 Å². The molecule has 9 nitrogen and oxygen atoms in total. The number of H-pyrrole nitrogens is 1. The molecule has 4 heterocycles. The van der Waals surface area contributed by atoms with Crippen LogP contribution in [0.3, 0.4) is 0 Å². The molecular weight excluding hydrogens is 456 g/mol. The summed E-state index contributed by atoms with van der Waals surface area (Å²) in [5.41, 5.74) is 1.97. The minimum Gasteiger partial charge on any atom is -0.418 e. The first-order valence-electron chi connectivity index (χ1n) is 11.6. The summed E-state index contributed by atoms with van der Waals surface area (Å²) in [6, 6.07) is 6.25. The first kappa shape index (κ1) is 21.8. The van der Waals surface area contributed by atoms with Crippen LogP contribution in [0.25, 0.3) is 10.9 Å². The van der Waals surface area contributed by atoms with Gasteiger partial charge in [-0.25, -0.2) is 8.78 Å². The third kappa shape index (κ3) is 4.39. The molecule has 0 unspecified atom stereocenters. The summed E-state index contributed by atoms with van der Waals surface area (Å²) >= 11 is 0. The van der Waals surface area contributed by atoms with E-state index in [1.807, 2.05) is 6.07 Å². The van der Waals surface area contributed by atoms with E-state index in [1.54, 1.807) is 19.1 Å². The Labute approximate surface area is 200 Å². The minimum atomic E-state index is -0.843. The van der Waals surface area contributed by atoms with Gasteiger partial charge in [0.1, 0.15) is 11.6 Å². The summed E-state index contributed by atoms with van der Waals surface area (Å²) in [6.45, 7) is 5.00. The fraction of sp³-hybridized carbons (Fsp3) is 0.375. The maximum atomic E-state index is 15.2. The highest BCUT2D eigenvalue weighted by Crippen LogP contribution is 2.40. The molecule has 1 saturated heterocycles. The SMILES string of the molecule is Cc1cc2c(F)c(Oc3nc(Nc4cc(C5CC5)no4)cc(N4CCN(C)CC4)n3)c(F)cc2[nH]1. The Balaban J connectivity index is 1.35. The standard InChI is InChI=1S/C24H25F2N7O2/c1-13-9-15-18(27-13)10-16(25)23(22(15)26)34-24-29-19(28-21-11-17(31-35-21)14-3-4-14)12-20(30-24)33-7-5-32(2)6-8-33/h9-12,14,27H,3-8H2,1-2H3,(H,28,29,30). The molecule has 11 heteroatoms. The number of likely N-dealkylation sites (N-methyl/N-ethyl adjacent to an activating group) is 1. The van der Waals surface area contributed by atoms with Crippen molar-refractivity contribution in [3.05, 3.63) is 47.3 Å². The van der Waals surface area contributed by atoms with Crippen molar-refractivity contribution in [1.29, 1.82) is 0 Å². The van der Waals surface area contributed by atoms with Gasteiger partial charge in [0.05, 0.1) is 11.2 Å². The van der Waals surface area contributed by atoms with E-state index in [2.05, 4.69) is 42.3 Å². The molecule has 0 bridgehead atoms. The lowest BCUT2D eigenvalue weighted by Crippen LogP contribution is -2.44. The van der Waals surface area contributed by atoms with Gasteiger partial charge in [0.15, 0.2) is 11.6 Å². The quantitative estimate of drug-likeness (QED) is 0.409. The van der Waals surface area contributed by atoms with Crippen molar-refractivity contribution >= 4 is 28.4 Å². The highest BCUT2D eigenvalue weighted by Gasteiger charge is 2.27. The van der Waals surface area contributed by atoms with Crippen molar-refractivity contribution in [2.45, 2.75) is 25.7 Å². The minimum absolute atomic E-state index is 0.171. The zero-order chi connectivity index (χ0) is 24.1. The number of nitrogens with one attached hydrogen (secondary N) is 2. The Morgan fingerprint density at radius 3 is 2.66 bits per heavy atom. The smallest absolute Gasteiger partial charge is 0.326 e. The first-order valence-corrected chi connectivity index (χ1v) is 11.6. The summed E-state index contributed by atoms with van der Waals surface area (Å²) in [5, 5.41) is 7.44. The zero-order valence-corrected chi connectivity index (χ0v) is 19.4. The molecule has 2 N–H and O–H groups in total. The Hall–Kier alpha value is -3.73. The summed E-state index contributed by atoms with van der Waals surface area (Å²) in [6.07, 6.45) is 2.21. The van der Waals surface area contributed by atoms with Gasteiger partial charge < -0.3 is 29.4 Å². The fourth-order valence-electron chi connectivity index (χ4n) is 4.28. The van der Waals surface area contributed by atoms with Gasteiger partial charge in [0, 0.05) is 61.4 Å². The van der Waals surface area contributed by atoms with E-state index in [4.69, 9.17) is 9.26 Å². The van der Waals surface area contributed by atoms with Crippen LogP contribution in [0.2, 0.25) is 0 Å². The van der Waals surface area contributed by atoms with E-state index >= 15 is 4.39 Å². The number of halogens is 2. The van der Waals surface area contributed by atoms with Crippen molar-refractivity contribution in [3.8, 4) is 11.8 Å². The van der Waals surface area contributed by atoms with Gasteiger partial charge in [-0.1, -0.05) is 5.16 Å². The maximum Gasteiger partial charge on any atom is 0.326 e.